The molecule has 0 bridgehead atoms. The lowest BCUT2D eigenvalue weighted by molar-refractivity contribution is 0.174. The minimum absolute atomic E-state index is 0.0916. The highest BCUT2D eigenvalue weighted by molar-refractivity contribution is 4.81. The Labute approximate surface area is 69.3 Å². The molecular weight excluding hydrogens is 136 g/mol. The maximum absolute atomic E-state index is 5.63. The van der Waals surface area contributed by atoms with Crippen LogP contribution in [0.3, 0.4) is 0 Å². The maximum Gasteiger partial charge on any atom is 0.0549 e. The molecule has 4 N–H and O–H groups in total. The first-order valence-corrected chi connectivity index (χ1v) is 4.52. The quantitative estimate of drug-likeness (QED) is 0.564. The summed E-state index contributed by atoms with van der Waals surface area (Å²) in [7, 11) is 0. The molecule has 66 valence electrons. The first kappa shape index (κ1) is 9.01. The van der Waals surface area contributed by atoms with E-state index in [1.165, 1.54) is 25.7 Å². The summed E-state index contributed by atoms with van der Waals surface area (Å²) in [5.41, 5.74) is 11.8. The molecule has 0 unspecified atom stereocenters. The smallest absolute Gasteiger partial charge is 0.0549 e. The fraction of sp³-hybridized carbons (Fsp3) is 1.00. The van der Waals surface area contributed by atoms with Gasteiger partial charge in [0, 0.05) is 0 Å². The third-order valence-corrected chi connectivity index (χ3v) is 2.93. The van der Waals surface area contributed by atoms with E-state index < -0.39 is 0 Å². The van der Waals surface area contributed by atoms with Gasteiger partial charge in [0.15, 0.2) is 0 Å². The fourth-order valence-electron chi connectivity index (χ4n) is 1.81. The van der Waals surface area contributed by atoms with Gasteiger partial charge in [0.05, 0.1) is 6.17 Å². The second-order valence-electron chi connectivity index (χ2n) is 4.58. The summed E-state index contributed by atoms with van der Waals surface area (Å²) in [5, 5.41) is 0. The minimum atomic E-state index is -0.0916. The van der Waals surface area contributed by atoms with E-state index in [1.54, 1.807) is 0 Å². The zero-order chi connectivity index (χ0) is 8.48. The zero-order valence-electron chi connectivity index (χ0n) is 7.64. The molecule has 1 aliphatic rings. The van der Waals surface area contributed by atoms with Gasteiger partial charge < -0.3 is 11.5 Å². The topological polar surface area (TPSA) is 52.0 Å². The molecule has 1 fully saturated rings. The highest BCUT2D eigenvalue weighted by atomic mass is 14.9. The molecule has 2 heteroatoms. The molecule has 1 saturated carbocycles. The Hall–Kier alpha value is -0.0800. The summed E-state index contributed by atoms with van der Waals surface area (Å²) in [6.07, 6.45) is 4.89. The zero-order valence-corrected chi connectivity index (χ0v) is 7.64. The Morgan fingerprint density at radius 3 is 2.00 bits per heavy atom. The van der Waals surface area contributed by atoms with Crippen LogP contribution < -0.4 is 11.5 Å². The minimum Gasteiger partial charge on any atom is -0.316 e. The molecule has 1 rings (SSSR count). The van der Waals surface area contributed by atoms with E-state index in [4.69, 9.17) is 11.5 Å². The van der Waals surface area contributed by atoms with Crippen LogP contribution in [0.2, 0.25) is 0 Å². The highest BCUT2D eigenvalue weighted by Gasteiger charge is 2.28. The van der Waals surface area contributed by atoms with Crippen LogP contribution in [-0.4, -0.2) is 6.17 Å². The average molecular weight is 156 g/mol. The van der Waals surface area contributed by atoms with Gasteiger partial charge in [-0.2, -0.15) is 0 Å². The number of nitrogens with two attached hydrogens (primary N) is 2. The molecule has 0 aromatic rings. The van der Waals surface area contributed by atoms with Crippen molar-refractivity contribution in [3.05, 3.63) is 0 Å². The van der Waals surface area contributed by atoms with Crippen molar-refractivity contribution in [3.8, 4) is 0 Å². The van der Waals surface area contributed by atoms with Crippen molar-refractivity contribution in [2.24, 2.45) is 22.8 Å². The molecule has 2 nitrogen and oxygen atoms in total. The van der Waals surface area contributed by atoms with Gasteiger partial charge in [-0.1, -0.05) is 13.8 Å². The van der Waals surface area contributed by atoms with E-state index >= 15 is 0 Å². The molecule has 11 heavy (non-hydrogen) atoms. The molecule has 0 aliphatic heterocycles. The SMILES string of the molecule is CC1(C)CCC(C(N)N)CC1. The van der Waals surface area contributed by atoms with Gasteiger partial charge in [-0.25, -0.2) is 0 Å². The van der Waals surface area contributed by atoms with Crippen LogP contribution in [-0.2, 0) is 0 Å². The third-order valence-electron chi connectivity index (χ3n) is 2.93. The summed E-state index contributed by atoms with van der Waals surface area (Å²) in [4.78, 5) is 0. The van der Waals surface area contributed by atoms with Gasteiger partial charge in [0.2, 0.25) is 0 Å². The average Bonchev–Trinajstić information content (AvgIpc) is 1.86. The summed E-state index contributed by atoms with van der Waals surface area (Å²) in [6.45, 7) is 4.65. The van der Waals surface area contributed by atoms with Gasteiger partial charge in [0.1, 0.15) is 0 Å². The van der Waals surface area contributed by atoms with Crippen molar-refractivity contribution in [1.29, 1.82) is 0 Å². The third kappa shape index (κ3) is 2.46. The Morgan fingerprint density at radius 1 is 1.18 bits per heavy atom. The van der Waals surface area contributed by atoms with Crippen molar-refractivity contribution in [3.63, 3.8) is 0 Å². The van der Waals surface area contributed by atoms with Crippen molar-refractivity contribution in [1.82, 2.24) is 0 Å². The normalized spacial score (nSPS) is 25.9. The van der Waals surface area contributed by atoms with Gasteiger partial charge >= 0.3 is 0 Å². The molecule has 0 aromatic carbocycles. The van der Waals surface area contributed by atoms with Crippen LogP contribution in [0.4, 0.5) is 0 Å². The van der Waals surface area contributed by atoms with E-state index in [1.807, 2.05) is 0 Å². The largest absolute Gasteiger partial charge is 0.316 e. The predicted octanol–water partition coefficient (Wildman–Crippen LogP) is 1.45. The van der Waals surface area contributed by atoms with E-state index in [-0.39, 0.29) is 6.17 Å². The Kier molecular flexibility index (Phi) is 2.55. The molecule has 0 atom stereocenters. The monoisotopic (exact) mass is 156 g/mol. The summed E-state index contributed by atoms with van der Waals surface area (Å²) < 4.78 is 0. The van der Waals surface area contributed by atoms with Crippen LogP contribution in [0.15, 0.2) is 0 Å². The lowest BCUT2D eigenvalue weighted by atomic mass is 9.72. The number of hydrogen-bond donors (Lipinski definition) is 2. The molecule has 0 radical (unpaired) electrons. The number of hydrogen-bond acceptors (Lipinski definition) is 2. The van der Waals surface area contributed by atoms with Gasteiger partial charge in [-0.3, -0.25) is 0 Å². The van der Waals surface area contributed by atoms with Crippen molar-refractivity contribution < 1.29 is 0 Å². The fourth-order valence-corrected chi connectivity index (χ4v) is 1.81. The maximum atomic E-state index is 5.63. The van der Waals surface area contributed by atoms with E-state index in [9.17, 15) is 0 Å². The van der Waals surface area contributed by atoms with Crippen molar-refractivity contribution in [2.75, 3.05) is 0 Å². The Morgan fingerprint density at radius 2 is 1.64 bits per heavy atom. The molecule has 0 heterocycles. The lowest BCUT2D eigenvalue weighted by Crippen LogP contribution is -2.41. The van der Waals surface area contributed by atoms with Crippen LogP contribution in [0, 0.1) is 11.3 Å². The van der Waals surface area contributed by atoms with Gasteiger partial charge in [-0.05, 0) is 37.0 Å². The van der Waals surface area contributed by atoms with E-state index in [0.29, 0.717) is 11.3 Å². The predicted molar refractivity (Wildman–Crippen MR) is 47.9 cm³/mol. The first-order chi connectivity index (χ1) is 5.01. The standard InChI is InChI=1S/C9H20N2/c1-9(2)5-3-7(4-6-9)8(10)11/h7-8H,3-6,10-11H2,1-2H3. The van der Waals surface area contributed by atoms with Gasteiger partial charge in [-0.15, -0.1) is 0 Å². The Bertz CT molecular complexity index is 120. The van der Waals surface area contributed by atoms with Gasteiger partial charge in [0.25, 0.3) is 0 Å². The summed E-state index contributed by atoms with van der Waals surface area (Å²) in [5.74, 6) is 0.572. The molecule has 0 saturated heterocycles. The highest BCUT2D eigenvalue weighted by Crippen LogP contribution is 2.38. The molecule has 0 aromatic heterocycles. The summed E-state index contributed by atoms with van der Waals surface area (Å²) in [6, 6.07) is 0. The van der Waals surface area contributed by atoms with Crippen LogP contribution in [0.5, 0.6) is 0 Å². The van der Waals surface area contributed by atoms with Crippen LogP contribution in [0.1, 0.15) is 39.5 Å². The second-order valence-corrected chi connectivity index (χ2v) is 4.58. The molecule has 1 aliphatic carbocycles. The first-order valence-electron chi connectivity index (χ1n) is 4.52. The molecule has 0 amide bonds. The van der Waals surface area contributed by atoms with Crippen molar-refractivity contribution in [2.45, 2.75) is 45.7 Å². The molecule has 0 spiro atoms. The number of rotatable bonds is 1. The van der Waals surface area contributed by atoms with Crippen LogP contribution in [0.25, 0.3) is 0 Å². The van der Waals surface area contributed by atoms with E-state index in [2.05, 4.69) is 13.8 Å². The lowest BCUT2D eigenvalue weighted by Gasteiger charge is -2.35. The summed E-state index contributed by atoms with van der Waals surface area (Å²) >= 11 is 0. The van der Waals surface area contributed by atoms with E-state index in [0.717, 1.165) is 0 Å². The molecular formula is C9H20N2. The second kappa shape index (κ2) is 3.11. The van der Waals surface area contributed by atoms with Crippen molar-refractivity contribution >= 4 is 0 Å². The Balaban J connectivity index is 2.36. The van der Waals surface area contributed by atoms with Crippen LogP contribution >= 0.6 is 0 Å².